The van der Waals surface area contributed by atoms with E-state index in [0.29, 0.717) is 12.3 Å². The summed E-state index contributed by atoms with van der Waals surface area (Å²) >= 11 is 0. The Kier molecular flexibility index (Phi) is 6.09. The zero-order valence-corrected chi connectivity index (χ0v) is 13.4. The highest BCUT2D eigenvalue weighted by atomic mass is 16.2. The van der Waals surface area contributed by atoms with Gasteiger partial charge in [0.15, 0.2) is 0 Å². The van der Waals surface area contributed by atoms with Crippen molar-refractivity contribution in [3.8, 4) is 0 Å². The molecule has 0 heterocycles. The lowest BCUT2D eigenvalue weighted by Gasteiger charge is -2.36. The first-order chi connectivity index (χ1) is 8.90. The molecule has 0 spiro atoms. The number of amides is 1. The fourth-order valence-corrected chi connectivity index (χ4v) is 2.66. The van der Waals surface area contributed by atoms with E-state index in [-0.39, 0.29) is 5.54 Å². The van der Waals surface area contributed by atoms with Gasteiger partial charge in [0, 0.05) is 18.5 Å². The second-order valence-corrected chi connectivity index (χ2v) is 6.74. The summed E-state index contributed by atoms with van der Waals surface area (Å²) in [5.41, 5.74) is -0.0393. The molecule has 1 rings (SSSR count). The van der Waals surface area contributed by atoms with Crippen LogP contribution in [0.4, 0.5) is 0 Å². The third kappa shape index (κ3) is 5.38. The van der Waals surface area contributed by atoms with Crippen molar-refractivity contribution < 1.29 is 4.79 Å². The highest BCUT2D eigenvalue weighted by Crippen LogP contribution is 2.43. The van der Waals surface area contributed by atoms with E-state index in [1.165, 1.54) is 19.3 Å². The molecule has 1 aliphatic rings. The number of hydrogen-bond acceptors (Lipinski definition) is 1. The van der Waals surface area contributed by atoms with Crippen LogP contribution in [-0.4, -0.2) is 22.9 Å². The monoisotopic (exact) mass is 265 g/mol. The standard InChI is InChI=1S/C17H31NO/c1-6-8-9-10-11-14-12-15(14)13-18(16(19)7-2)17(3,4)5/h8-9,14-15H,6-7,10-13H2,1-5H3. The molecule has 0 aliphatic heterocycles. The van der Waals surface area contributed by atoms with Crippen molar-refractivity contribution >= 4 is 5.91 Å². The number of hydrogen-bond donors (Lipinski definition) is 0. The third-order valence-electron chi connectivity index (χ3n) is 4.01. The summed E-state index contributed by atoms with van der Waals surface area (Å²) in [6.07, 6.45) is 10.1. The van der Waals surface area contributed by atoms with Gasteiger partial charge in [0.2, 0.25) is 5.91 Å². The van der Waals surface area contributed by atoms with Gasteiger partial charge in [0.05, 0.1) is 0 Å². The van der Waals surface area contributed by atoms with E-state index in [2.05, 4.69) is 44.7 Å². The average Bonchev–Trinajstić information content (AvgIpc) is 3.08. The molecule has 0 aromatic carbocycles. The smallest absolute Gasteiger partial charge is 0.222 e. The first-order valence-corrected chi connectivity index (χ1v) is 7.85. The van der Waals surface area contributed by atoms with E-state index in [4.69, 9.17) is 0 Å². The van der Waals surface area contributed by atoms with Gasteiger partial charge in [-0.05, 0) is 58.3 Å². The number of allylic oxidation sites excluding steroid dienone is 2. The Bertz CT molecular complexity index is 314. The Hall–Kier alpha value is -0.790. The quantitative estimate of drug-likeness (QED) is 0.625. The Balaban J connectivity index is 2.38. The van der Waals surface area contributed by atoms with Crippen LogP contribution in [0.5, 0.6) is 0 Å². The predicted molar refractivity (Wildman–Crippen MR) is 82.0 cm³/mol. The minimum absolute atomic E-state index is 0.0393. The summed E-state index contributed by atoms with van der Waals surface area (Å²) in [5, 5.41) is 0. The maximum Gasteiger partial charge on any atom is 0.222 e. The van der Waals surface area contributed by atoms with E-state index < -0.39 is 0 Å². The predicted octanol–water partition coefficient (Wildman–Crippen LogP) is 4.41. The van der Waals surface area contributed by atoms with Crippen molar-refractivity contribution in [3.05, 3.63) is 12.2 Å². The van der Waals surface area contributed by atoms with Gasteiger partial charge in [-0.2, -0.15) is 0 Å². The van der Waals surface area contributed by atoms with E-state index in [1.54, 1.807) is 0 Å². The molecule has 0 bridgehead atoms. The molecule has 19 heavy (non-hydrogen) atoms. The zero-order chi connectivity index (χ0) is 14.5. The minimum Gasteiger partial charge on any atom is -0.338 e. The topological polar surface area (TPSA) is 20.3 Å². The van der Waals surface area contributed by atoms with Crippen LogP contribution in [-0.2, 0) is 4.79 Å². The molecular formula is C17H31NO. The molecule has 0 saturated heterocycles. The molecule has 110 valence electrons. The van der Waals surface area contributed by atoms with Crippen LogP contribution < -0.4 is 0 Å². The van der Waals surface area contributed by atoms with Crippen LogP contribution >= 0.6 is 0 Å². The molecule has 0 N–H and O–H groups in total. The largest absolute Gasteiger partial charge is 0.338 e. The first-order valence-electron chi connectivity index (χ1n) is 7.85. The average molecular weight is 265 g/mol. The van der Waals surface area contributed by atoms with Gasteiger partial charge in [-0.15, -0.1) is 0 Å². The lowest BCUT2D eigenvalue weighted by Crippen LogP contribution is -2.46. The molecular weight excluding hydrogens is 234 g/mol. The van der Waals surface area contributed by atoms with Crippen molar-refractivity contribution in [2.45, 2.75) is 72.3 Å². The van der Waals surface area contributed by atoms with Gasteiger partial charge in [-0.25, -0.2) is 0 Å². The number of nitrogens with zero attached hydrogens (tertiary/aromatic N) is 1. The molecule has 1 aliphatic carbocycles. The van der Waals surface area contributed by atoms with E-state index in [9.17, 15) is 4.79 Å². The summed E-state index contributed by atoms with van der Waals surface area (Å²) in [7, 11) is 0. The highest BCUT2D eigenvalue weighted by Gasteiger charge is 2.40. The fraction of sp³-hybridized carbons (Fsp3) is 0.824. The van der Waals surface area contributed by atoms with Gasteiger partial charge in [0.25, 0.3) is 0 Å². The Morgan fingerprint density at radius 1 is 1.21 bits per heavy atom. The van der Waals surface area contributed by atoms with Crippen molar-refractivity contribution in [2.24, 2.45) is 11.8 Å². The molecule has 1 amide bonds. The second kappa shape index (κ2) is 7.12. The molecule has 0 aromatic heterocycles. The van der Waals surface area contributed by atoms with Crippen LogP contribution in [0.15, 0.2) is 12.2 Å². The Labute approximate surface area is 119 Å². The lowest BCUT2D eigenvalue weighted by atomic mass is 10.0. The maximum atomic E-state index is 12.0. The van der Waals surface area contributed by atoms with Crippen molar-refractivity contribution in [1.29, 1.82) is 0 Å². The van der Waals surface area contributed by atoms with Crippen LogP contribution in [0.3, 0.4) is 0 Å². The summed E-state index contributed by atoms with van der Waals surface area (Å²) in [6.45, 7) is 11.5. The molecule has 1 saturated carbocycles. The molecule has 2 unspecified atom stereocenters. The normalized spacial score (nSPS) is 22.8. The molecule has 0 radical (unpaired) electrons. The maximum absolute atomic E-state index is 12.0. The number of carbonyl (C=O) groups excluding carboxylic acids is 1. The van der Waals surface area contributed by atoms with Gasteiger partial charge in [-0.3, -0.25) is 4.79 Å². The van der Waals surface area contributed by atoms with Gasteiger partial charge < -0.3 is 4.90 Å². The fourth-order valence-electron chi connectivity index (χ4n) is 2.66. The summed E-state index contributed by atoms with van der Waals surface area (Å²) < 4.78 is 0. The van der Waals surface area contributed by atoms with E-state index >= 15 is 0 Å². The lowest BCUT2D eigenvalue weighted by molar-refractivity contribution is -0.136. The van der Waals surface area contributed by atoms with Crippen LogP contribution in [0.2, 0.25) is 0 Å². The molecule has 2 nitrogen and oxygen atoms in total. The Morgan fingerprint density at radius 3 is 2.42 bits per heavy atom. The second-order valence-electron chi connectivity index (χ2n) is 6.74. The first kappa shape index (κ1) is 16.3. The number of rotatable bonds is 7. The van der Waals surface area contributed by atoms with Crippen LogP contribution in [0, 0.1) is 11.8 Å². The van der Waals surface area contributed by atoms with Crippen LogP contribution in [0.1, 0.15) is 66.7 Å². The highest BCUT2D eigenvalue weighted by molar-refractivity contribution is 5.76. The Morgan fingerprint density at radius 2 is 1.89 bits per heavy atom. The summed E-state index contributed by atoms with van der Waals surface area (Å²) in [6, 6.07) is 0. The zero-order valence-electron chi connectivity index (χ0n) is 13.4. The van der Waals surface area contributed by atoms with Crippen LogP contribution in [0.25, 0.3) is 0 Å². The van der Waals surface area contributed by atoms with E-state index in [1.807, 2.05) is 6.92 Å². The molecule has 1 fully saturated rings. The van der Waals surface area contributed by atoms with Gasteiger partial charge in [0.1, 0.15) is 0 Å². The van der Waals surface area contributed by atoms with E-state index in [0.717, 1.165) is 24.8 Å². The number of carbonyl (C=O) groups is 1. The summed E-state index contributed by atoms with van der Waals surface area (Å²) in [4.78, 5) is 14.1. The SMILES string of the molecule is CCC=CCCC1CC1CN(C(=O)CC)C(C)(C)C. The third-order valence-corrected chi connectivity index (χ3v) is 4.01. The van der Waals surface area contributed by atoms with Gasteiger partial charge >= 0.3 is 0 Å². The van der Waals surface area contributed by atoms with Gasteiger partial charge in [-0.1, -0.05) is 26.0 Å². The molecule has 2 atom stereocenters. The molecule has 2 heteroatoms. The van der Waals surface area contributed by atoms with Crippen molar-refractivity contribution in [1.82, 2.24) is 4.90 Å². The minimum atomic E-state index is -0.0393. The molecule has 0 aromatic rings. The summed E-state index contributed by atoms with van der Waals surface area (Å²) in [5.74, 6) is 1.88. The van der Waals surface area contributed by atoms with Crippen molar-refractivity contribution in [2.75, 3.05) is 6.54 Å². The van der Waals surface area contributed by atoms with Crippen molar-refractivity contribution in [3.63, 3.8) is 0 Å².